The first-order valence-electron chi connectivity index (χ1n) is 7.13. The van der Waals surface area contributed by atoms with Crippen LogP contribution in [0.25, 0.3) is 0 Å². The van der Waals surface area contributed by atoms with Gasteiger partial charge in [0.25, 0.3) is 5.91 Å². The molecule has 0 saturated heterocycles. The molecule has 0 aromatic heterocycles. The van der Waals surface area contributed by atoms with Gasteiger partial charge in [0.2, 0.25) is 0 Å². The van der Waals surface area contributed by atoms with Crippen LogP contribution in [0.1, 0.15) is 22.8 Å². The predicted molar refractivity (Wildman–Crippen MR) is 78.9 cm³/mol. The van der Waals surface area contributed by atoms with E-state index in [1.807, 2.05) is 12.1 Å². The number of carbonyl (C=O) groups is 1. The number of benzene rings is 2. The van der Waals surface area contributed by atoms with Crippen molar-refractivity contribution in [2.24, 2.45) is 0 Å². The molecule has 120 valence electrons. The quantitative estimate of drug-likeness (QED) is 0.909. The Bertz CT molecular complexity index is 728. The van der Waals surface area contributed by atoms with E-state index in [4.69, 9.17) is 4.74 Å². The van der Waals surface area contributed by atoms with Crippen LogP contribution in [0.5, 0.6) is 0 Å². The van der Waals surface area contributed by atoms with E-state index in [1.54, 1.807) is 12.1 Å². The van der Waals surface area contributed by atoms with Crippen molar-refractivity contribution in [3.8, 4) is 0 Å². The fraction of sp³-hybridized carbons (Fsp3) is 0.235. The largest absolute Gasteiger partial charge is 0.416 e. The molecule has 2 aromatic rings. The van der Waals surface area contributed by atoms with Gasteiger partial charge >= 0.3 is 6.18 Å². The van der Waals surface area contributed by atoms with Crippen molar-refractivity contribution in [2.45, 2.75) is 18.7 Å². The average Bonchev–Trinajstić information content (AvgIpc) is 2.53. The summed E-state index contributed by atoms with van der Waals surface area (Å²) in [6.45, 7) is 0.400. The number of rotatable bonds is 2. The van der Waals surface area contributed by atoms with Crippen LogP contribution < -0.4 is 5.32 Å². The molecule has 1 atom stereocenters. The molecule has 3 rings (SSSR count). The van der Waals surface area contributed by atoms with E-state index >= 15 is 0 Å². The molecule has 1 heterocycles. The summed E-state index contributed by atoms with van der Waals surface area (Å²) in [5.74, 6) is -0.475. The van der Waals surface area contributed by atoms with Gasteiger partial charge in [-0.25, -0.2) is 0 Å². The molecule has 23 heavy (non-hydrogen) atoms. The van der Waals surface area contributed by atoms with Crippen molar-refractivity contribution >= 4 is 11.6 Å². The highest BCUT2D eigenvalue weighted by atomic mass is 19.4. The maximum atomic E-state index is 12.7. The zero-order valence-electron chi connectivity index (χ0n) is 12.1. The Hall–Kier alpha value is -2.34. The van der Waals surface area contributed by atoms with Gasteiger partial charge in [-0.2, -0.15) is 13.2 Å². The lowest BCUT2D eigenvalue weighted by Crippen LogP contribution is -2.28. The molecule has 0 aliphatic carbocycles. The Morgan fingerprint density at radius 3 is 2.70 bits per heavy atom. The molecule has 0 saturated carbocycles. The monoisotopic (exact) mass is 321 g/mol. The Morgan fingerprint density at radius 1 is 1.13 bits per heavy atom. The molecular formula is C17H14F3NO2. The van der Waals surface area contributed by atoms with Crippen molar-refractivity contribution in [3.05, 3.63) is 65.2 Å². The fourth-order valence-corrected chi connectivity index (χ4v) is 2.59. The highest BCUT2D eigenvalue weighted by Gasteiger charge is 2.31. The number of carbonyl (C=O) groups excluding carboxylic acids is 1. The van der Waals surface area contributed by atoms with Gasteiger partial charge in [0.1, 0.15) is 0 Å². The lowest BCUT2D eigenvalue weighted by molar-refractivity contribution is -0.137. The Labute approximate surface area is 131 Å². The number of alkyl halides is 3. The van der Waals surface area contributed by atoms with Crippen molar-refractivity contribution in [1.29, 1.82) is 0 Å². The van der Waals surface area contributed by atoms with E-state index in [-0.39, 0.29) is 5.69 Å². The van der Waals surface area contributed by atoms with E-state index in [2.05, 4.69) is 5.32 Å². The zero-order chi connectivity index (χ0) is 16.4. The number of amides is 1. The van der Waals surface area contributed by atoms with Crippen LogP contribution in [0.4, 0.5) is 18.9 Å². The fourth-order valence-electron chi connectivity index (χ4n) is 2.59. The van der Waals surface area contributed by atoms with Crippen LogP contribution in [0.2, 0.25) is 0 Å². The molecule has 0 spiro atoms. The van der Waals surface area contributed by atoms with Crippen LogP contribution in [-0.2, 0) is 22.1 Å². The molecule has 0 unspecified atom stereocenters. The van der Waals surface area contributed by atoms with Crippen LogP contribution >= 0.6 is 0 Å². The van der Waals surface area contributed by atoms with Gasteiger partial charge in [0.15, 0.2) is 6.10 Å². The molecular weight excluding hydrogens is 307 g/mol. The summed E-state index contributed by atoms with van der Waals surface area (Å²) >= 11 is 0. The number of nitrogens with one attached hydrogen (secondary N) is 1. The summed E-state index contributed by atoms with van der Waals surface area (Å²) in [5.41, 5.74) is 1.06. The van der Waals surface area contributed by atoms with E-state index in [9.17, 15) is 18.0 Å². The Morgan fingerprint density at radius 2 is 1.91 bits per heavy atom. The molecule has 0 radical (unpaired) electrons. The molecule has 0 bridgehead atoms. The second kappa shape index (κ2) is 6.04. The van der Waals surface area contributed by atoms with Gasteiger partial charge < -0.3 is 10.1 Å². The van der Waals surface area contributed by atoms with Gasteiger partial charge in [0.05, 0.1) is 12.2 Å². The van der Waals surface area contributed by atoms with Gasteiger partial charge in [-0.3, -0.25) is 4.79 Å². The van der Waals surface area contributed by atoms with Crippen LogP contribution in [0, 0.1) is 0 Å². The summed E-state index contributed by atoms with van der Waals surface area (Å²) in [6, 6.07) is 11.9. The molecule has 2 aromatic carbocycles. The minimum Gasteiger partial charge on any atom is -0.363 e. The topological polar surface area (TPSA) is 38.3 Å². The smallest absolute Gasteiger partial charge is 0.363 e. The van der Waals surface area contributed by atoms with Crippen molar-refractivity contribution in [1.82, 2.24) is 0 Å². The lowest BCUT2D eigenvalue weighted by Gasteiger charge is -2.25. The standard InChI is InChI=1S/C17H14F3NO2/c18-17(19,20)12-5-3-6-13(10-12)21-16(22)15-14-7-2-1-4-11(14)8-9-23-15/h1-7,10,15H,8-9H2,(H,21,22)/t15-/m0/s1. The van der Waals surface area contributed by atoms with Gasteiger partial charge in [0, 0.05) is 5.69 Å². The number of hydrogen-bond donors (Lipinski definition) is 1. The number of ether oxygens (including phenoxy) is 1. The van der Waals surface area contributed by atoms with Crippen molar-refractivity contribution < 1.29 is 22.7 Å². The minimum absolute atomic E-state index is 0.0940. The number of fused-ring (bicyclic) bond motifs is 1. The summed E-state index contributed by atoms with van der Waals surface area (Å²) in [5, 5.41) is 2.50. The Kier molecular flexibility index (Phi) is 4.09. The Balaban J connectivity index is 1.81. The van der Waals surface area contributed by atoms with Crippen molar-refractivity contribution in [3.63, 3.8) is 0 Å². The average molecular weight is 321 g/mol. The summed E-state index contributed by atoms with van der Waals surface area (Å²) in [4.78, 5) is 12.4. The number of anilines is 1. The molecule has 3 nitrogen and oxygen atoms in total. The van der Waals surface area contributed by atoms with Crippen LogP contribution in [0.3, 0.4) is 0 Å². The first kappa shape index (κ1) is 15.6. The SMILES string of the molecule is O=C(Nc1cccc(C(F)(F)F)c1)[C@H]1OCCc2ccccc21. The zero-order valence-corrected chi connectivity index (χ0v) is 12.1. The lowest BCUT2D eigenvalue weighted by atomic mass is 9.97. The first-order valence-corrected chi connectivity index (χ1v) is 7.13. The maximum Gasteiger partial charge on any atom is 0.416 e. The molecule has 0 fully saturated rings. The maximum absolute atomic E-state index is 12.7. The van der Waals surface area contributed by atoms with E-state index in [0.29, 0.717) is 13.0 Å². The summed E-state index contributed by atoms with van der Waals surface area (Å²) < 4.78 is 43.7. The third-order valence-corrected chi connectivity index (χ3v) is 3.69. The predicted octanol–water partition coefficient (Wildman–Crippen LogP) is 3.96. The third kappa shape index (κ3) is 3.37. The second-order valence-electron chi connectivity index (χ2n) is 5.27. The van der Waals surface area contributed by atoms with E-state index in [1.165, 1.54) is 12.1 Å². The van der Waals surface area contributed by atoms with Crippen LogP contribution in [0.15, 0.2) is 48.5 Å². The molecule has 1 N–H and O–H groups in total. The normalized spacial score (nSPS) is 17.4. The number of hydrogen-bond acceptors (Lipinski definition) is 2. The minimum atomic E-state index is -4.45. The van der Waals surface area contributed by atoms with E-state index < -0.39 is 23.8 Å². The van der Waals surface area contributed by atoms with Gasteiger partial charge in [-0.15, -0.1) is 0 Å². The molecule has 1 aliphatic rings. The third-order valence-electron chi connectivity index (χ3n) is 3.69. The van der Waals surface area contributed by atoms with Crippen LogP contribution in [-0.4, -0.2) is 12.5 Å². The molecule has 6 heteroatoms. The summed E-state index contributed by atoms with van der Waals surface area (Å²) in [7, 11) is 0. The second-order valence-corrected chi connectivity index (χ2v) is 5.27. The summed E-state index contributed by atoms with van der Waals surface area (Å²) in [6.07, 6.45) is -4.55. The molecule has 1 aliphatic heterocycles. The van der Waals surface area contributed by atoms with Crippen molar-refractivity contribution in [2.75, 3.05) is 11.9 Å². The first-order chi connectivity index (χ1) is 10.9. The highest BCUT2D eigenvalue weighted by Crippen LogP contribution is 2.32. The molecule has 1 amide bonds. The van der Waals surface area contributed by atoms with Gasteiger partial charge in [-0.1, -0.05) is 30.3 Å². The number of halogens is 3. The van der Waals surface area contributed by atoms with E-state index in [0.717, 1.165) is 23.3 Å². The highest BCUT2D eigenvalue weighted by molar-refractivity contribution is 5.95. The van der Waals surface area contributed by atoms with Gasteiger partial charge in [-0.05, 0) is 35.7 Å².